The van der Waals surface area contributed by atoms with Crippen LogP contribution in [0.2, 0.25) is 5.02 Å². The Morgan fingerprint density at radius 2 is 2.10 bits per heavy atom. The lowest BCUT2D eigenvalue weighted by Crippen LogP contribution is -2.36. The van der Waals surface area contributed by atoms with Crippen LogP contribution in [0.1, 0.15) is 6.92 Å². The van der Waals surface area contributed by atoms with Crippen molar-refractivity contribution in [1.82, 2.24) is 24.3 Å². The number of hydrogen-bond acceptors (Lipinski definition) is 5. The van der Waals surface area contributed by atoms with E-state index in [9.17, 15) is 4.79 Å². The number of pyridine rings is 1. The van der Waals surface area contributed by atoms with Crippen LogP contribution in [0.15, 0.2) is 29.2 Å². The fourth-order valence-corrected chi connectivity index (χ4v) is 4.57. The van der Waals surface area contributed by atoms with Gasteiger partial charge in [-0.3, -0.25) is 9.48 Å². The number of aryl methyl sites for hydroxylation is 1. The Labute approximate surface area is 180 Å². The number of benzene rings is 1. The summed E-state index contributed by atoms with van der Waals surface area (Å²) in [6, 6.07) is 6.07. The van der Waals surface area contributed by atoms with Crippen molar-refractivity contribution >= 4 is 48.6 Å². The van der Waals surface area contributed by atoms with Crippen LogP contribution in [-0.4, -0.2) is 50.6 Å². The maximum absolute atomic E-state index is 13.3. The highest BCUT2D eigenvalue weighted by Crippen LogP contribution is 2.31. The molecule has 156 valence electrons. The molecule has 0 bridgehead atoms. The highest BCUT2D eigenvalue weighted by molar-refractivity contribution is 7.15. The summed E-state index contributed by atoms with van der Waals surface area (Å²) < 4.78 is 8.88. The molecule has 3 aromatic heterocycles. The number of imidazole rings is 1. The van der Waals surface area contributed by atoms with E-state index in [1.807, 2.05) is 25.3 Å². The lowest BCUT2D eigenvalue weighted by Gasteiger charge is -2.28. The summed E-state index contributed by atoms with van der Waals surface area (Å²) in [5, 5.41) is 4.87. The summed E-state index contributed by atoms with van der Waals surface area (Å²) in [7, 11) is 2.60. The molecule has 1 N–H and O–H groups in total. The van der Waals surface area contributed by atoms with Crippen LogP contribution in [0.4, 0.5) is 5.69 Å². The zero-order valence-corrected chi connectivity index (χ0v) is 18.5. The number of halogens is 1. The van der Waals surface area contributed by atoms with E-state index < -0.39 is 0 Å². The van der Waals surface area contributed by atoms with E-state index in [-0.39, 0.29) is 5.56 Å². The molecule has 5 rings (SSSR count). The summed E-state index contributed by atoms with van der Waals surface area (Å²) >= 11 is 6.68. The SMILES string of the molecule is CCn1cc2c(n1)c(Cl)c(-c1nc3ccc(N4CCOCC4)cc3[nH]1)c(=O)n2CP. The molecule has 0 spiro atoms. The van der Waals surface area contributed by atoms with E-state index in [0.717, 1.165) is 48.5 Å². The predicted molar refractivity (Wildman–Crippen MR) is 123 cm³/mol. The highest BCUT2D eigenvalue weighted by Gasteiger charge is 2.22. The van der Waals surface area contributed by atoms with Gasteiger partial charge in [0.05, 0.1) is 34.8 Å². The zero-order valence-electron chi connectivity index (χ0n) is 16.6. The molecule has 8 nitrogen and oxygen atoms in total. The third kappa shape index (κ3) is 3.11. The number of rotatable bonds is 4. The van der Waals surface area contributed by atoms with E-state index in [1.165, 1.54) is 0 Å². The first-order valence-electron chi connectivity index (χ1n) is 9.93. The Bertz CT molecular complexity index is 1300. The highest BCUT2D eigenvalue weighted by atomic mass is 35.5. The lowest BCUT2D eigenvalue weighted by molar-refractivity contribution is 0.122. The van der Waals surface area contributed by atoms with Gasteiger partial charge < -0.3 is 19.2 Å². The molecule has 1 saturated heterocycles. The van der Waals surface area contributed by atoms with Crippen molar-refractivity contribution in [1.29, 1.82) is 0 Å². The number of fused-ring (bicyclic) bond motifs is 2. The topological polar surface area (TPSA) is 81.0 Å². The molecule has 4 heterocycles. The Morgan fingerprint density at radius 3 is 2.83 bits per heavy atom. The largest absolute Gasteiger partial charge is 0.378 e. The van der Waals surface area contributed by atoms with Crippen molar-refractivity contribution in [3.05, 3.63) is 39.8 Å². The Morgan fingerprint density at radius 1 is 1.30 bits per heavy atom. The molecule has 10 heteroatoms. The van der Waals surface area contributed by atoms with Crippen LogP contribution in [-0.2, 0) is 17.6 Å². The van der Waals surface area contributed by atoms with Gasteiger partial charge in [0, 0.05) is 37.8 Å². The number of H-pyrrole nitrogens is 1. The number of morpholine rings is 1. The standard InChI is InChI=1S/C20H22ClN6O2P/c1-2-26-10-15-18(24-26)17(21)16(20(28)27(15)11-30)19-22-13-4-3-12(9-14(13)23-19)25-5-7-29-8-6-25/h3-4,9-10H,2,5-8,11,30H2,1H3,(H,22,23). The minimum atomic E-state index is -0.189. The van der Waals surface area contributed by atoms with E-state index in [0.29, 0.717) is 34.8 Å². The number of nitrogens with zero attached hydrogens (tertiary/aromatic N) is 5. The fourth-order valence-electron chi connectivity index (χ4n) is 3.90. The van der Waals surface area contributed by atoms with Gasteiger partial charge in [0.15, 0.2) is 0 Å². The van der Waals surface area contributed by atoms with E-state index in [1.54, 1.807) is 9.25 Å². The monoisotopic (exact) mass is 444 g/mol. The van der Waals surface area contributed by atoms with E-state index in [4.69, 9.17) is 16.3 Å². The molecule has 1 aliphatic heterocycles. The first-order chi connectivity index (χ1) is 14.6. The second-order valence-electron chi connectivity index (χ2n) is 7.21. The quantitative estimate of drug-likeness (QED) is 0.489. The van der Waals surface area contributed by atoms with Gasteiger partial charge >= 0.3 is 0 Å². The van der Waals surface area contributed by atoms with Gasteiger partial charge in [-0.05, 0) is 25.1 Å². The molecule has 1 fully saturated rings. The first-order valence-corrected chi connectivity index (χ1v) is 11.1. The Hall–Kier alpha value is -2.41. The van der Waals surface area contributed by atoms with Crippen LogP contribution in [0, 0.1) is 0 Å². The minimum Gasteiger partial charge on any atom is -0.378 e. The smallest absolute Gasteiger partial charge is 0.264 e. The van der Waals surface area contributed by atoms with Crippen LogP contribution in [0.5, 0.6) is 0 Å². The number of ether oxygens (including phenoxy) is 1. The summed E-state index contributed by atoms with van der Waals surface area (Å²) in [6.45, 7) is 5.85. The average Bonchev–Trinajstić information content (AvgIpc) is 3.38. The van der Waals surface area contributed by atoms with Gasteiger partial charge in [-0.25, -0.2) is 4.98 Å². The molecule has 1 unspecified atom stereocenters. The molecular formula is C20H22ClN6O2P. The zero-order chi connectivity index (χ0) is 20.8. The predicted octanol–water partition coefficient (Wildman–Crippen LogP) is 3.08. The van der Waals surface area contributed by atoms with Gasteiger partial charge in [-0.2, -0.15) is 5.10 Å². The van der Waals surface area contributed by atoms with Crippen LogP contribution >= 0.6 is 20.8 Å². The molecule has 1 aromatic carbocycles. The van der Waals surface area contributed by atoms with Crippen molar-refractivity contribution in [3.63, 3.8) is 0 Å². The average molecular weight is 445 g/mol. The number of aromatic amines is 1. The van der Waals surface area contributed by atoms with Gasteiger partial charge in [-0.15, -0.1) is 9.24 Å². The summed E-state index contributed by atoms with van der Waals surface area (Å²) in [5.74, 6) is 0.458. The van der Waals surface area contributed by atoms with E-state index >= 15 is 0 Å². The Balaban J connectivity index is 1.66. The first kappa shape index (κ1) is 19.5. The molecule has 0 amide bonds. The van der Waals surface area contributed by atoms with Crippen LogP contribution < -0.4 is 10.5 Å². The second kappa shape index (κ2) is 7.69. The lowest BCUT2D eigenvalue weighted by atomic mass is 10.2. The number of anilines is 1. The molecule has 0 saturated carbocycles. The maximum atomic E-state index is 13.3. The molecular weight excluding hydrogens is 423 g/mol. The Kier molecular flexibility index (Phi) is 5.01. The van der Waals surface area contributed by atoms with Crippen molar-refractivity contribution in [2.45, 2.75) is 19.8 Å². The number of nitrogens with one attached hydrogen (secondary N) is 1. The normalized spacial score (nSPS) is 14.8. The van der Waals surface area contributed by atoms with Gasteiger partial charge in [0.25, 0.3) is 5.56 Å². The van der Waals surface area contributed by atoms with Crippen molar-refractivity contribution < 1.29 is 4.74 Å². The minimum absolute atomic E-state index is 0.189. The van der Waals surface area contributed by atoms with Crippen molar-refractivity contribution in [3.8, 4) is 11.4 Å². The fraction of sp³-hybridized carbons (Fsp3) is 0.350. The second-order valence-corrected chi connectivity index (χ2v) is 7.95. The molecule has 30 heavy (non-hydrogen) atoms. The summed E-state index contributed by atoms with van der Waals surface area (Å²) in [5.41, 5.74) is 4.23. The van der Waals surface area contributed by atoms with Crippen LogP contribution in [0.3, 0.4) is 0 Å². The third-order valence-corrected chi connectivity index (χ3v) is 6.24. The molecule has 1 aliphatic rings. The number of hydrogen-bond donors (Lipinski definition) is 1. The van der Waals surface area contributed by atoms with Crippen LogP contribution in [0.25, 0.3) is 33.5 Å². The molecule has 4 aromatic rings. The maximum Gasteiger partial charge on any atom is 0.264 e. The van der Waals surface area contributed by atoms with Gasteiger partial charge in [-0.1, -0.05) is 11.6 Å². The van der Waals surface area contributed by atoms with Gasteiger partial charge in [0.1, 0.15) is 16.9 Å². The van der Waals surface area contributed by atoms with Crippen molar-refractivity contribution in [2.75, 3.05) is 31.2 Å². The molecule has 1 atom stereocenters. The van der Waals surface area contributed by atoms with Crippen molar-refractivity contribution in [2.24, 2.45) is 0 Å². The molecule has 0 radical (unpaired) electrons. The third-order valence-electron chi connectivity index (χ3n) is 5.50. The molecule has 0 aliphatic carbocycles. The van der Waals surface area contributed by atoms with E-state index in [2.05, 4.69) is 35.3 Å². The van der Waals surface area contributed by atoms with Gasteiger partial charge in [0.2, 0.25) is 0 Å². The summed E-state index contributed by atoms with van der Waals surface area (Å²) in [6.07, 6.45) is 2.29. The number of aromatic nitrogens is 5. The summed E-state index contributed by atoms with van der Waals surface area (Å²) in [4.78, 5) is 23.5.